The monoisotopic (exact) mass is 314 g/mol. The summed E-state index contributed by atoms with van der Waals surface area (Å²) >= 11 is 11.8. The predicted octanol–water partition coefficient (Wildman–Crippen LogP) is 2.73. The quantitative estimate of drug-likeness (QED) is 0.932. The van der Waals surface area contributed by atoms with Crippen LogP contribution in [-0.2, 0) is 4.79 Å². The van der Waals surface area contributed by atoms with Gasteiger partial charge in [0.25, 0.3) is 5.91 Å². The van der Waals surface area contributed by atoms with Crippen LogP contribution in [0.2, 0.25) is 10.0 Å². The third-order valence-electron chi connectivity index (χ3n) is 3.31. The van der Waals surface area contributed by atoms with Gasteiger partial charge in [-0.1, -0.05) is 23.2 Å². The normalized spacial score (nSPS) is 16.1. The number of hydrogen-bond donors (Lipinski definition) is 1. The predicted molar refractivity (Wildman–Crippen MR) is 79.2 cm³/mol. The third kappa shape index (κ3) is 3.44. The largest absolute Gasteiger partial charge is 0.341 e. The van der Waals surface area contributed by atoms with E-state index in [-0.39, 0.29) is 16.8 Å². The third-order valence-corrected chi connectivity index (χ3v) is 3.86. The zero-order valence-electron chi connectivity index (χ0n) is 11.2. The fourth-order valence-electron chi connectivity index (χ4n) is 2.22. The number of rotatable bonds is 3. The summed E-state index contributed by atoms with van der Waals surface area (Å²) in [6.45, 7) is 3.21. The average molecular weight is 315 g/mol. The molecule has 1 aliphatic heterocycles. The molecular weight excluding hydrogens is 299 g/mol. The summed E-state index contributed by atoms with van der Waals surface area (Å²) in [5.74, 6) is -0.423. The molecule has 1 fully saturated rings. The molecule has 0 radical (unpaired) electrons. The molecule has 108 valence electrons. The fourth-order valence-corrected chi connectivity index (χ4v) is 2.72. The minimum absolute atomic E-state index is 0.0547. The molecule has 4 nitrogen and oxygen atoms in total. The molecule has 1 aromatic carbocycles. The number of benzene rings is 1. The lowest BCUT2D eigenvalue weighted by Crippen LogP contribution is -2.46. The lowest BCUT2D eigenvalue weighted by atomic mass is 10.2. The van der Waals surface area contributed by atoms with Crippen molar-refractivity contribution in [2.24, 2.45) is 0 Å². The Labute approximate surface area is 128 Å². The Morgan fingerprint density at radius 3 is 2.50 bits per heavy atom. The molecule has 1 saturated heterocycles. The summed E-state index contributed by atoms with van der Waals surface area (Å²) in [6.07, 6.45) is 2.05. The number of likely N-dealkylation sites (tertiary alicyclic amines) is 1. The molecule has 1 aromatic rings. The van der Waals surface area contributed by atoms with Crippen LogP contribution >= 0.6 is 23.2 Å². The first-order valence-electron chi connectivity index (χ1n) is 6.54. The Morgan fingerprint density at radius 1 is 1.25 bits per heavy atom. The molecule has 1 atom stereocenters. The highest BCUT2D eigenvalue weighted by Crippen LogP contribution is 2.21. The minimum Gasteiger partial charge on any atom is -0.341 e. The second kappa shape index (κ2) is 6.46. The molecule has 1 heterocycles. The molecule has 2 amide bonds. The average Bonchev–Trinajstić information content (AvgIpc) is 2.91. The molecule has 2 rings (SSSR count). The summed E-state index contributed by atoms with van der Waals surface area (Å²) in [5, 5.41) is 3.41. The van der Waals surface area contributed by atoms with Gasteiger partial charge in [-0.3, -0.25) is 9.59 Å². The van der Waals surface area contributed by atoms with Crippen molar-refractivity contribution < 1.29 is 9.59 Å². The Morgan fingerprint density at radius 2 is 1.90 bits per heavy atom. The van der Waals surface area contributed by atoms with Crippen molar-refractivity contribution in [1.82, 2.24) is 10.2 Å². The van der Waals surface area contributed by atoms with Crippen LogP contribution in [-0.4, -0.2) is 35.8 Å². The van der Waals surface area contributed by atoms with Gasteiger partial charge in [0.2, 0.25) is 5.91 Å². The van der Waals surface area contributed by atoms with Gasteiger partial charge in [-0.25, -0.2) is 0 Å². The van der Waals surface area contributed by atoms with Crippen molar-refractivity contribution >= 4 is 35.0 Å². The van der Waals surface area contributed by atoms with E-state index in [4.69, 9.17) is 23.2 Å². The van der Waals surface area contributed by atoms with E-state index in [9.17, 15) is 9.59 Å². The Bertz CT molecular complexity index is 528. The molecule has 0 unspecified atom stereocenters. The van der Waals surface area contributed by atoms with E-state index in [0.717, 1.165) is 25.9 Å². The molecule has 1 N–H and O–H groups in total. The number of carbonyl (C=O) groups is 2. The van der Waals surface area contributed by atoms with Gasteiger partial charge in [0.15, 0.2) is 0 Å². The summed E-state index contributed by atoms with van der Waals surface area (Å²) in [5.41, 5.74) is 0.317. The van der Waals surface area contributed by atoms with Gasteiger partial charge in [-0.15, -0.1) is 0 Å². The van der Waals surface area contributed by atoms with Crippen LogP contribution in [0.1, 0.15) is 30.1 Å². The zero-order chi connectivity index (χ0) is 14.7. The molecule has 20 heavy (non-hydrogen) atoms. The molecular formula is C14H16Cl2N2O2. The molecule has 0 saturated carbocycles. The van der Waals surface area contributed by atoms with Crippen LogP contribution in [0.15, 0.2) is 18.2 Å². The van der Waals surface area contributed by atoms with Crippen molar-refractivity contribution in [3.8, 4) is 0 Å². The summed E-state index contributed by atoms with van der Waals surface area (Å²) in [6, 6.07) is 4.08. The maximum absolute atomic E-state index is 12.1. The van der Waals surface area contributed by atoms with Crippen LogP contribution in [0.4, 0.5) is 0 Å². The summed E-state index contributed by atoms with van der Waals surface area (Å²) in [7, 11) is 0. The van der Waals surface area contributed by atoms with Crippen molar-refractivity contribution in [2.45, 2.75) is 25.8 Å². The van der Waals surface area contributed by atoms with Gasteiger partial charge in [-0.05, 0) is 38.0 Å². The van der Waals surface area contributed by atoms with Crippen LogP contribution in [0.25, 0.3) is 0 Å². The van der Waals surface area contributed by atoms with Crippen LogP contribution in [0.5, 0.6) is 0 Å². The van der Waals surface area contributed by atoms with Crippen molar-refractivity contribution in [2.75, 3.05) is 13.1 Å². The highest BCUT2D eigenvalue weighted by Gasteiger charge is 2.25. The first-order valence-corrected chi connectivity index (χ1v) is 7.29. The number of carbonyl (C=O) groups excluding carboxylic acids is 2. The maximum atomic E-state index is 12.1. The second-order valence-electron chi connectivity index (χ2n) is 4.85. The van der Waals surface area contributed by atoms with Crippen LogP contribution < -0.4 is 5.32 Å². The van der Waals surface area contributed by atoms with E-state index in [0.29, 0.717) is 10.6 Å². The standard InChI is InChI=1S/C14H16Cl2N2O2/c1-9(14(20)18-6-2-3-7-18)17-13(19)11-5-4-10(15)8-12(11)16/h4-5,8-9H,2-3,6-7H2,1H3,(H,17,19)/t9-/m0/s1. The molecule has 0 bridgehead atoms. The highest BCUT2D eigenvalue weighted by atomic mass is 35.5. The van der Waals surface area contributed by atoms with Crippen LogP contribution in [0.3, 0.4) is 0 Å². The van der Waals surface area contributed by atoms with Gasteiger partial charge < -0.3 is 10.2 Å². The molecule has 0 aliphatic carbocycles. The molecule has 6 heteroatoms. The van der Waals surface area contributed by atoms with Gasteiger partial charge in [-0.2, -0.15) is 0 Å². The van der Waals surface area contributed by atoms with E-state index < -0.39 is 6.04 Å². The van der Waals surface area contributed by atoms with Crippen molar-refractivity contribution in [3.63, 3.8) is 0 Å². The van der Waals surface area contributed by atoms with Crippen molar-refractivity contribution in [1.29, 1.82) is 0 Å². The fraction of sp³-hybridized carbons (Fsp3) is 0.429. The Kier molecular flexibility index (Phi) is 4.89. The van der Waals surface area contributed by atoms with E-state index in [1.165, 1.54) is 6.07 Å². The number of halogens is 2. The summed E-state index contributed by atoms with van der Waals surface area (Å²) < 4.78 is 0. The van der Waals surface area contributed by atoms with Gasteiger partial charge in [0.1, 0.15) is 6.04 Å². The van der Waals surface area contributed by atoms with Gasteiger partial charge >= 0.3 is 0 Å². The smallest absolute Gasteiger partial charge is 0.253 e. The molecule has 1 aliphatic rings. The molecule has 0 aromatic heterocycles. The highest BCUT2D eigenvalue weighted by molar-refractivity contribution is 6.36. The van der Waals surface area contributed by atoms with E-state index >= 15 is 0 Å². The Hall–Kier alpha value is -1.26. The van der Waals surface area contributed by atoms with E-state index in [2.05, 4.69) is 5.32 Å². The second-order valence-corrected chi connectivity index (χ2v) is 5.70. The van der Waals surface area contributed by atoms with Gasteiger partial charge in [0.05, 0.1) is 10.6 Å². The zero-order valence-corrected chi connectivity index (χ0v) is 12.7. The van der Waals surface area contributed by atoms with E-state index in [1.54, 1.807) is 24.0 Å². The topological polar surface area (TPSA) is 49.4 Å². The Balaban J connectivity index is 2.01. The number of nitrogens with one attached hydrogen (secondary N) is 1. The lowest BCUT2D eigenvalue weighted by molar-refractivity contribution is -0.131. The number of amides is 2. The summed E-state index contributed by atoms with van der Waals surface area (Å²) in [4.78, 5) is 26.0. The van der Waals surface area contributed by atoms with E-state index in [1.807, 2.05) is 0 Å². The SMILES string of the molecule is C[C@H](NC(=O)c1ccc(Cl)cc1Cl)C(=O)N1CCCC1. The first kappa shape index (κ1) is 15.1. The van der Waals surface area contributed by atoms with Crippen LogP contribution in [0, 0.1) is 0 Å². The maximum Gasteiger partial charge on any atom is 0.253 e. The molecule has 0 spiro atoms. The van der Waals surface area contributed by atoms with Gasteiger partial charge in [0, 0.05) is 18.1 Å². The lowest BCUT2D eigenvalue weighted by Gasteiger charge is -2.21. The minimum atomic E-state index is -0.563. The van der Waals surface area contributed by atoms with Crippen molar-refractivity contribution in [3.05, 3.63) is 33.8 Å². The number of nitrogens with zero attached hydrogens (tertiary/aromatic N) is 1. The first-order chi connectivity index (χ1) is 9.49. The number of hydrogen-bond acceptors (Lipinski definition) is 2.